The number of hydrogen-bond donors (Lipinski definition) is 2. The van der Waals surface area contributed by atoms with E-state index < -0.39 is 24.1 Å². The van der Waals surface area contributed by atoms with Crippen LogP contribution in [0.1, 0.15) is 12.5 Å². The van der Waals surface area contributed by atoms with Crippen LogP contribution in [0.15, 0.2) is 54.7 Å². The molecule has 4 rings (SSSR count). The molecule has 0 unspecified atom stereocenters. The van der Waals surface area contributed by atoms with E-state index in [4.69, 9.17) is 4.74 Å². The Balaban J connectivity index is 1.58. The van der Waals surface area contributed by atoms with E-state index in [-0.39, 0.29) is 18.0 Å². The van der Waals surface area contributed by atoms with Crippen molar-refractivity contribution >= 4 is 23.3 Å². The number of alkyl halides is 3. The van der Waals surface area contributed by atoms with Gasteiger partial charge in [0.05, 0.1) is 19.7 Å². The van der Waals surface area contributed by atoms with E-state index in [0.29, 0.717) is 17.1 Å². The zero-order valence-electron chi connectivity index (χ0n) is 16.6. The second-order valence-corrected chi connectivity index (χ2v) is 6.91. The number of nitrogens with one attached hydrogen (secondary N) is 2. The highest BCUT2D eigenvalue weighted by Gasteiger charge is 2.34. The number of carbonyl (C=O) groups excluding carboxylic acids is 2. The molecule has 0 saturated heterocycles. The van der Waals surface area contributed by atoms with E-state index in [1.54, 1.807) is 31.4 Å². The molecule has 32 heavy (non-hydrogen) atoms. The summed E-state index contributed by atoms with van der Waals surface area (Å²) in [6.45, 7) is 0. The van der Waals surface area contributed by atoms with Crippen LogP contribution in [-0.2, 0) is 9.59 Å². The van der Waals surface area contributed by atoms with Gasteiger partial charge in [0.25, 0.3) is 0 Å². The van der Waals surface area contributed by atoms with Crippen LogP contribution in [0.5, 0.6) is 11.5 Å². The smallest absolute Gasteiger partial charge is 0.497 e. The SMILES string of the molecule is COc1ccc(-c2cnn3c2NC(=O)C[C@@H]3C(=O)Nc2cccc(OC(F)(F)F)c2)cc1. The lowest BCUT2D eigenvalue weighted by Gasteiger charge is -2.24. The van der Waals surface area contributed by atoms with Gasteiger partial charge in [-0.3, -0.25) is 9.59 Å². The van der Waals surface area contributed by atoms with Crippen LogP contribution in [0, 0.1) is 0 Å². The summed E-state index contributed by atoms with van der Waals surface area (Å²) in [5, 5.41) is 9.50. The lowest BCUT2D eigenvalue weighted by molar-refractivity contribution is -0.274. The molecule has 3 aromatic rings. The maximum absolute atomic E-state index is 12.9. The van der Waals surface area contributed by atoms with Crippen molar-refractivity contribution in [3.63, 3.8) is 0 Å². The fourth-order valence-corrected chi connectivity index (χ4v) is 3.35. The molecule has 11 heteroatoms. The maximum atomic E-state index is 12.9. The second kappa shape index (κ2) is 8.25. The number of ether oxygens (including phenoxy) is 2. The Hall–Kier alpha value is -4.02. The monoisotopic (exact) mass is 446 g/mol. The van der Waals surface area contributed by atoms with Crippen molar-refractivity contribution in [2.45, 2.75) is 18.8 Å². The Morgan fingerprint density at radius 2 is 1.94 bits per heavy atom. The van der Waals surface area contributed by atoms with Gasteiger partial charge in [-0.15, -0.1) is 13.2 Å². The van der Waals surface area contributed by atoms with Crippen LogP contribution in [0.2, 0.25) is 0 Å². The third-order valence-electron chi connectivity index (χ3n) is 4.77. The minimum absolute atomic E-state index is 0.0896. The molecule has 166 valence electrons. The summed E-state index contributed by atoms with van der Waals surface area (Å²) >= 11 is 0. The van der Waals surface area contributed by atoms with Crippen molar-refractivity contribution in [2.75, 3.05) is 17.7 Å². The number of fused-ring (bicyclic) bond motifs is 1. The summed E-state index contributed by atoms with van der Waals surface area (Å²) in [6, 6.07) is 11.0. The van der Waals surface area contributed by atoms with Gasteiger partial charge in [0, 0.05) is 17.3 Å². The lowest BCUT2D eigenvalue weighted by atomic mass is 10.1. The van der Waals surface area contributed by atoms with Gasteiger partial charge in [-0.25, -0.2) is 4.68 Å². The topological polar surface area (TPSA) is 94.5 Å². The first kappa shape index (κ1) is 21.2. The molecule has 0 radical (unpaired) electrons. The molecule has 0 aliphatic carbocycles. The van der Waals surface area contributed by atoms with Crippen LogP contribution in [0.25, 0.3) is 11.1 Å². The Morgan fingerprint density at radius 3 is 2.62 bits per heavy atom. The van der Waals surface area contributed by atoms with E-state index in [2.05, 4.69) is 20.5 Å². The molecule has 2 amide bonds. The number of rotatable bonds is 5. The number of methoxy groups -OCH3 is 1. The molecule has 0 spiro atoms. The minimum Gasteiger partial charge on any atom is -0.497 e. The Kier molecular flexibility index (Phi) is 5.47. The molecule has 1 atom stereocenters. The van der Waals surface area contributed by atoms with E-state index in [9.17, 15) is 22.8 Å². The summed E-state index contributed by atoms with van der Waals surface area (Å²) in [5.41, 5.74) is 1.45. The summed E-state index contributed by atoms with van der Waals surface area (Å²) < 4.78 is 47.7. The van der Waals surface area contributed by atoms with Crippen molar-refractivity contribution in [1.82, 2.24) is 9.78 Å². The third kappa shape index (κ3) is 4.51. The summed E-state index contributed by atoms with van der Waals surface area (Å²) in [6.07, 6.45) is -3.51. The molecule has 1 aliphatic heterocycles. The highest BCUT2D eigenvalue weighted by atomic mass is 19.4. The average molecular weight is 446 g/mol. The second-order valence-electron chi connectivity index (χ2n) is 6.91. The Bertz CT molecular complexity index is 1160. The number of carbonyl (C=O) groups is 2. The van der Waals surface area contributed by atoms with Crippen molar-refractivity contribution in [1.29, 1.82) is 0 Å². The molecule has 0 fully saturated rings. The van der Waals surface area contributed by atoms with Crippen LogP contribution >= 0.6 is 0 Å². The molecule has 1 aromatic heterocycles. The van der Waals surface area contributed by atoms with E-state index in [1.165, 1.54) is 23.0 Å². The van der Waals surface area contributed by atoms with Gasteiger partial charge in [-0.05, 0) is 29.8 Å². The molecule has 2 N–H and O–H groups in total. The Morgan fingerprint density at radius 1 is 1.19 bits per heavy atom. The zero-order valence-corrected chi connectivity index (χ0v) is 16.6. The van der Waals surface area contributed by atoms with Crippen LogP contribution in [0.4, 0.5) is 24.7 Å². The van der Waals surface area contributed by atoms with Gasteiger partial charge in [-0.1, -0.05) is 18.2 Å². The van der Waals surface area contributed by atoms with E-state index in [1.807, 2.05) is 0 Å². The molecular formula is C21H17F3N4O4. The van der Waals surface area contributed by atoms with Crippen LogP contribution in [0.3, 0.4) is 0 Å². The van der Waals surface area contributed by atoms with Crippen LogP contribution < -0.4 is 20.1 Å². The molecule has 0 bridgehead atoms. The van der Waals surface area contributed by atoms with Crippen molar-refractivity contribution < 1.29 is 32.2 Å². The lowest BCUT2D eigenvalue weighted by Crippen LogP contribution is -2.35. The molecule has 8 nitrogen and oxygen atoms in total. The third-order valence-corrected chi connectivity index (χ3v) is 4.77. The first-order valence-electron chi connectivity index (χ1n) is 9.42. The van der Waals surface area contributed by atoms with Crippen LogP contribution in [-0.4, -0.2) is 35.1 Å². The number of hydrogen-bond acceptors (Lipinski definition) is 5. The normalized spacial score (nSPS) is 15.5. The molecular weight excluding hydrogens is 429 g/mol. The molecule has 0 saturated carbocycles. The highest BCUT2D eigenvalue weighted by Crippen LogP contribution is 2.35. The number of nitrogens with zero attached hydrogens (tertiary/aromatic N) is 2. The Labute approximate surface area is 179 Å². The van der Waals surface area contributed by atoms with Gasteiger partial charge >= 0.3 is 6.36 Å². The van der Waals surface area contributed by atoms with Crippen molar-refractivity contribution in [3.05, 3.63) is 54.7 Å². The number of amides is 2. The predicted octanol–water partition coefficient (Wildman–Crippen LogP) is 3.98. The van der Waals surface area contributed by atoms with Gasteiger partial charge in [0.2, 0.25) is 11.8 Å². The van der Waals surface area contributed by atoms with E-state index >= 15 is 0 Å². The maximum Gasteiger partial charge on any atom is 0.573 e. The van der Waals surface area contributed by atoms with Gasteiger partial charge in [0.1, 0.15) is 23.4 Å². The molecule has 1 aliphatic rings. The van der Waals surface area contributed by atoms with Crippen molar-refractivity contribution in [2.24, 2.45) is 0 Å². The average Bonchev–Trinajstić information content (AvgIpc) is 3.16. The minimum atomic E-state index is -4.86. The standard InChI is InChI=1S/C21H17F3N4O4/c1-31-14-7-5-12(6-8-14)16-11-25-28-17(10-18(29)27-19(16)28)20(30)26-13-3-2-4-15(9-13)32-21(22,23)24/h2-9,11,17H,10H2,1H3,(H,26,30)(H,27,29)/t17-/m1/s1. The summed E-state index contributed by atoms with van der Waals surface area (Å²) in [7, 11) is 1.55. The predicted molar refractivity (Wildman–Crippen MR) is 108 cm³/mol. The quantitative estimate of drug-likeness (QED) is 0.618. The summed E-state index contributed by atoms with van der Waals surface area (Å²) in [5.74, 6) is -0.455. The number of halogens is 3. The molecule has 2 aromatic carbocycles. The van der Waals surface area contributed by atoms with Gasteiger partial charge in [-0.2, -0.15) is 5.10 Å². The highest BCUT2D eigenvalue weighted by molar-refractivity contribution is 6.03. The number of benzene rings is 2. The van der Waals surface area contributed by atoms with E-state index in [0.717, 1.165) is 17.7 Å². The largest absolute Gasteiger partial charge is 0.573 e. The molecule has 2 heterocycles. The van der Waals surface area contributed by atoms with Crippen molar-refractivity contribution in [3.8, 4) is 22.6 Å². The van der Waals surface area contributed by atoms with Gasteiger partial charge in [0.15, 0.2) is 0 Å². The first-order valence-corrected chi connectivity index (χ1v) is 9.42. The fourth-order valence-electron chi connectivity index (χ4n) is 3.35. The first-order chi connectivity index (χ1) is 15.2. The fraction of sp³-hybridized carbons (Fsp3) is 0.190. The zero-order chi connectivity index (χ0) is 22.9. The number of aromatic nitrogens is 2. The summed E-state index contributed by atoms with van der Waals surface area (Å²) in [4.78, 5) is 25.2. The number of anilines is 2. The van der Waals surface area contributed by atoms with Gasteiger partial charge < -0.3 is 20.1 Å².